The van der Waals surface area contributed by atoms with Crippen LogP contribution in [0.5, 0.6) is 0 Å². The van der Waals surface area contributed by atoms with Crippen molar-refractivity contribution in [1.82, 2.24) is 0 Å². The van der Waals surface area contributed by atoms with E-state index in [4.69, 9.17) is 4.74 Å². The second-order valence-electron chi connectivity index (χ2n) is 3.38. The lowest BCUT2D eigenvalue weighted by atomic mass is 10.2. The molecule has 1 aromatic carbocycles. The molecular weight excluding hydrogens is 236 g/mol. The van der Waals surface area contributed by atoms with E-state index < -0.39 is 16.0 Å². The second-order valence-corrected chi connectivity index (χ2v) is 5.07. The van der Waals surface area contributed by atoms with Crippen molar-refractivity contribution in [1.29, 1.82) is 0 Å². The van der Waals surface area contributed by atoms with Gasteiger partial charge in [-0.25, -0.2) is 0 Å². The third-order valence-corrected chi connectivity index (χ3v) is 3.83. The predicted octanol–water partition coefficient (Wildman–Crippen LogP) is 2.14. The van der Waals surface area contributed by atoms with E-state index in [2.05, 4.69) is 6.58 Å². The molecule has 0 heterocycles. The molecule has 0 aliphatic rings. The molecule has 17 heavy (non-hydrogen) atoms. The monoisotopic (exact) mass is 252 g/mol. The van der Waals surface area contributed by atoms with Crippen LogP contribution < -0.4 is 0 Å². The van der Waals surface area contributed by atoms with Crippen LogP contribution in [0, 0.1) is 0 Å². The minimum Gasteiger partial charge on any atom is -0.504 e. The molecule has 0 aromatic heterocycles. The summed E-state index contributed by atoms with van der Waals surface area (Å²) in [7, 11) is 0.141. The molecule has 3 nitrogen and oxygen atoms in total. The van der Waals surface area contributed by atoms with Gasteiger partial charge in [0.05, 0.1) is 36.0 Å². The molecule has 0 radical (unpaired) electrons. The van der Waals surface area contributed by atoms with Crippen LogP contribution in [-0.2, 0) is 15.5 Å². The number of benzene rings is 1. The SMILES string of the molecule is C=C(/C=C\OC)S(=O)[C@H](CO)c1ccccc1. The average molecular weight is 252 g/mol. The molecule has 0 fully saturated rings. The summed E-state index contributed by atoms with van der Waals surface area (Å²) in [5.41, 5.74) is 0.834. The molecule has 0 aliphatic heterocycles. The first-order chi connectivity index (χ1) is 8.20. The molecule has 4 heteroatoms. The largest absolute Gasteiger partial charge is 0.504 e. The zero-order chi connectivity index (χ0) is 12.7. The van der Waals surface area contributed by atoms with Gasteiger partial charge >= 0.3 is 0 Å². The molecule has 1 N–H and O–H groups in total. The van der Waals surface area contributed by atoms with Gasteiger partial charge in [0.1, 0.15) is 0 Å². The maximum Gasteiger partial charge on any atom is 0.0874 e. The minimum absolute atomic E-state index is 0.184. The zero-order valence-electron chi connectivity index (χ0n) is 9.70. The Balaban J connectivity index is 2.85. The number of methoxy groups -OCH3 is 1. The number of hydrogen-bond acceptors (Lipinski definition) is 3. The van der Waals surface area contributed by atoms with Gasteiger partial charge in [-0.3, -0.25) is 4.21 Å². The summed E-state index contributed by atoms with van der Waals surface area (Å²) in [4.78, 5) is 0.426. The van der Waals surface area contributed by atoms with Gasteiger partial charge in [-0.2, -0.15) is 0 Å². The summed E-state index contributed by atoms with van der Waals surface area (Å²) in [5, 5.41) is 8.88. The molecule has 0 bridgehead atoms. The van der Waals surface area contributed by atoms with E-state index in [1.165, 1.54) is 13.4 Å². The maximum absolute atomic E-state index is 12.1. The van der Waals surface area contributed by atoms with Crippen LogP contribution >= 0.6 is 0 Å². The molecular formula is C13H16O3S. The Morgan fingerprint density at radius 1 is 1.53 bits per heavy atom. The molecule has 0 saturated carbocycles. The highest BCUT2D eigenvalue weighted by Gasteiger charge is 2.19. The molecule has 1 rings (SSSR count). The van der Waals surface area contributed by atoms with E-state index in [0.717, 1.165) is 5.56 Å². The normalized spacial score (nSPS) is 14.5. The first-order valence-electron chi connectivity index (χ1n) is 5.15. The van der Waals surface area contributed by atoms with Gasteiger partial charge in [-0.05, 0) is 11.6 Å². The maximum atomic E-state index is 12.1. The lowest BCUT2D eigenvalue weighted by Gasteiger charge is -2.14. The highest BCUT2D eigenvalue weighted by molar-refractivity contribution is 7.89. The summed E-state index contributed by atoms with van der Waals surface area (Å²) in [5.74, 6) is 0. The van der Waals surface area contributed by atoms with Crippen molar-refractivity contribution >= 4 is 10.8 Å². The van der Waals surface area contributed by atoms with Gasteiger partial charge in [-0.1, -0.05) is 36.9 Å². The van der Waals surface area contributed by atoms with Gasteiger partial charge in [0.15, 0.2) is 0 Å². The molecule has 0 amide bonds. The molecule has 1 aromatic rings. The zero-order valence-corrected chi connectivity index (χ0v) is 10.5. The van der Waals surface area contributed by atoms with Crippen LogP contribution in [0.25, 0.3) is 0 Å². The van der Waals surface area contributed by atoms with Crippen molar-refractivity contribution in [2.24, 2.45) is 0 Å². The van der Waals surface area contributed by atoms with Gasteiger partial charge in [0.25, 0.3) is 0 Å². The number of allylic oxidation sites excluding steroid dienone is 1. The highest BCUT2D eigenvalue weighted by Crippen LogP contribution is 2.23. The van der Waals surface area contributed by atoms with Crippen LogP contribution in [0.2, 0.25) is 0 Å². The number of aliphatic hydroxyl groups is 1. The van der Waals surface area contributed by atoms with E-state index in [1.807, 2.05) is 30.3 Å². The Labute approximate surface area is 104 Å². The van der Waals surface area contributed by atoms with Gasteiger partial charge < -0.3 is 9.84 Å². The molecule has 92 valence electrons. The first kappa shape index (κ1) is 13.7. The van der Waals surface area contributed by atoms with Crippen LogP contribution in [0.3, 0.4) is 0 Å². The molecule has 1 unspecified atom stereocenters. The van der Waals surface area contributed by atoms with Crippen LogP contribution in [0.4, 0.5) is 0 Å². The van der Waals surface area contributed by atoms with E-state index in [1.54, 1.807) is 6.08 Å². The lowest BCUT2D eigenvalue weighted by molar-refractivity contribution is 0.294. The quantitative estimate of drug-likeness (QED) is 0.623. The first-order valence-corrected chi connectivity index (χ1v) is 6.36. The van der Waals surface area contributed by atoms with Crippen molar-refractivity contribution in [3.05, 3.63) is 59.7 Å². The van der Waals surface area contributed by atoms with Crippen molar-refractivity contribution in [3.63, 3.8) is 0 Å². The summed E-state index contributed by atoms with van der Waals surface area (Å²) in [6, 6.07) is 9.25. The van der Waals surface area contributed by atoms with Crippen molar-refractivity contribution in [3.8, 4) is 0 Å². The van der Waals surface area contributed by atoms with Gasteiger partial charge in [-0.15, -0.1) is 0 Å². The summed E-state index contributed by atoms with van der Waals surface area (Å²) < 4.78 is 16.9. The van der Waals surface area contributed by atoms with E-state index in [0.29, 0.717) is 4.91 Å². The van der Waals surface area contributed by atoms with Crippen LogP contribution in [0.15, 0.2) is 54.2 Å². The molecule has 0 spiro atoms. The Morgan fingerprint density at radius 2 is 2.18 bits per heavy atom. The summed E-state index contributed by atoms with van der Waals surface area (Å²) >= 11 is 0. The fraction of sp³-hybridized carbons (Fsp3) is 0.231. The number of hydrogen-bond donors (Lipinski definition) is 1. The minimum atomic E-state index is -1.37. The van der Waals surface area contributed by atoms with Crippen molar-refractivity contribution in [2.75, 3.05) is 13.7 Å². The summed E-state index contributed by atoms with van der Waals surface area (Å²) in [6.45, 7) is 3.52. The second kappa shape index (κ2) is 7.04. The highest BCUT2D eigenvalue weighted by atomic mass is 32.2. The Bertz CT molecular complexity index is 412. The van der Waals surface area contributed by atoms with Crippen LogP contribution in [-0.4, -0.2) is 23.0 Å². The standard InChI is InChI=1S/C13H16O3S/c1-11(8-9-16-2)17(15)13(10-14)12-6-4-3-5-7-12/h3-9,13-14H,1,10H2,2H3/b9-8-/t13-,17?/m1/s1. The fourth-order valence-corrected chi connectivity index (χ4v) is 2.45. The molecule has 2 atom stereocenters. The lowest BCUT2D eigenvalue weighted by Crippen LogP contribution is -2.11. The van der Waals surface area contributed by atoms with Gasteiger partial charge in [0, 0.05) is 4.91 Å². The Morgan fingerprint density at radius 3 is 2.71 bits per heavy atom. The summed E-state index contributed by atoms with van der Waals surface area (Å²) in [6.07, 6.45) is 2.96. The predicted molar refractivity (Wildman–Crippen MR) is 69.7 cm³/mol. The van der Waals surface area contributed by atoms with Gasteiger partial charge in [0.2, 0.25) is 0 Å². The fourth-order valence-electron chi connectivity index (χ4n) is 1.36. The van der Waals surface area contributed by atoms with E-state index in [9.17, 15) is 9.32 Å². The topological polar surface area (TPSA) is 46.5 Å². The third kappa shape index (κ3) is 3.84. The van der Waals surface area contributed by atoms with E-state index in [-0.39, 0.29) is 6.61 Å². The smallest absolute Gasteiger partial charge is 0.0874 e. The third-order valence-electron chi connectivity index (χ3n) is 2.24. The average Bonchev–Trinajstić information content (AvgIpc) is 2.38. The molecule has 0 saturated heterocycles. The Hall–Kier alpha value is -1.39. The number of rotatable bonds is 6. The van der Waals surface area contributed by atoms with Crippen molar-refractivity contribution in [2.45, 2.75) is 5.25 Å². The number of ether oxygens (including phenoxy) is 1. The molecule has 0 aliphatic carbocycles. The van der Waals surface area contributed by atoms with Crippen molar-refractivity contribution < 1.29 is 14.1 Å². The Kier molecular flexibility index (Phi) is 5.66. The van der Waals surface area contributed by atoms with Crippen LogP contribution in [0.1, 0.15) is 10.8 Å². The van der Waals surface area contributed by atoms with E-state index >= 15 is 0 Å². The number of aliphatic hydroxyl groups excluding tert-OH is 1.